The summed E-state index contributed by atoms with van der Waals surface area (Å²) in [5.41, 5.74) is 2.12. The van der Waals surface area contributed by atoms with Crippen LogP contribution >= 0.6 is 0 Å². The highest BCUT2D eigenvalue weighted by Gasteiger charge is 2.36. The Morgan fingerprint density at radius 2 is 1.89 bits per heavy atom. The van der Waals surface area contributed by atoms with Crippen molar-refractivity contribution in [2.45, 2.75) is 38.3 Å². The Balaban J connectivity index is 1.84. The van der Waals surface area contributed by atoms with Crippen LogP contribution in [0.3, 0.4) is 0 Å². The number of hydrogen-bond acceptors (Lipinski definition) is 2. The second-order valence-corrected chi connectivity index (χ2v) is 5.50. The zero-order valence-corrected chi connectivity index (χ0v) is 10.7. The Morgan fingerprint density at radius 1 is 1.21 bits per heavy atom. The Morgan fingerprint density at radius 3 is 2.53 bits per heavy atom. The fraction of sp³-hybridized carbons (Fsp3) is 0.467. The topological polar surface area (TPSA) is 57.6 Å². The molecule has 3 rings (SSSR count). The van der Waals surface area contributed by atoms with Crippen molar-refractivity contribution in [2.24, 2.45) is 5.92 Å². The van der Waals surface area contributed by atoms with E-state index >= 15 is 0 Å². The van der Waals surface area contributed by atoms with Gasteiger partial charge >= 0.3 is 5.97 Å². The summed E-state index contributed by atoms with van der Waals surface area (Å²) in [4.78, 5) is 25.2. The molecule has 0 unspecified atom stereocenters. The summed E-state index contributed by atoms with van der Waals surface area (Å²) in [6.07, 6.45) is 3.13. The monoisotopic (exact) mass is 259 g/mol. The van der Waals surface area contributed by atoms with Gasteiger partial charge in [0.1, 0.15) is 6.04 Å². The number of benzene rings is 1. The summed E-state index contributed by atoms with van der Waals surface area (Å²) in [5, 5.41) is 9.34. The van der Waals surface area contributed by atoms with Gasteiger partial charge in [-0.25, -0.2) is 4.79 Å². The van der Waals surface area contributed by atoms with Gasteiger partial charge in [0.25, 0.3) is 0 Å². The van der Waals surface area contributed by atoms with E-state index in [1.807, 2.05) is 24.3 Å². The molecular weight excluding hydrogens is 242 g/mol. The van der Waals surface area contributed by atoms with Gasteiger partial charge in [-0.15, -0.1) is 0 Å². The van der Waals surface area contributed by atoms with Crippen LogP contribution in [0.4, 0.5) is 0 Å². The maximum Gasteiger partial charge on any atom is 0.326 e. The maximum absolute atomic E-state index is 12.2. The SMILES string of the molecule is O=C(O)[C@@H]1Cc2ccccc2CN1C(=O)CC1CC1. The number of rotatable bonds is 3. The molecule has 19 heavy (non-hydrogen) atoms. The van der Waals surface area contributed by atoms with Gasteiger partial charge < -0.3 is 10.0 Å². The Bertz CT molecular complexity index is 522. The molecule has 0 aromatic heterocycles. The minimum Gasteiger partial charge on any atom is -0.480 e. The predicted octanol–water partition coefficient (Wildman–Crippen LogP) is 1.82. The molecule has 0 radical (unpaired) electrons. The van der Waals surface area contributed by atoms with Crippen LogP contribution in [0.5, 0.6) is 0 Å². The van der Waals surface area contributed by atoms with Crippen LogP contribution < -0.4 is 0 Å². The van der Waals surface area contributed by atoms with E-state index in [0.717, 1.165) is 24.0 Å². The van der Waals surface area contributed by atoms with Crippen LogP contribution in [0, 0.1) is 5.92 Å². The van der Waals surface area contributed by atoms with Crippen LogP contribution in [0.25, 0.3) is 0 Å². The van der Waals surface area contributed by atoms with E-state index in [-0.39, 0.29) is 5.91 Å². The molecule has 1 aromatic carbocycles. The van der Waals surface area contributed by atoms with Gasteiger partial charge in [0.05, 0.1) is 0 Å². The highest BCUT2D eigenvalue weighted by Crippen LogP contribution is 2.34. The molecule has 1 aliphatic carbocycles. The van der Waals surface area contributed by atoms with Gasteiger partial charge in [-0.05, 0) is 29.9 Å². The van der Waals surface area contributed by atoms with Crippen molar-refractivity contribution in [2.75, 3.05) is 0 Å². The molecule has 0 bridgehead atoms. The maximum atomic E-state index is 12.2. The van der Waals surface area contributed by atoms with E-state index in [4.69, 9.17) is 0 Å². The molecule has 1 aromatic rings. The summed E-state index contributed by atoms with van der Waals surface area (Å²) in [7, 11) is 0. The van der Waals surface area contributed by atoms with Gasteiger partial charge in [0, 0.05) is 19.4 Å². The molecule has 1 fully saturated rings. The summed E-state index contributed by atoms with van der Waals surface area (Å²) in [5.74, 6) is -0.429. The number of carbonyl (C=O) groups excluding carboxylic acids is 1. The van der Waals surface area contributed by atoms with E-state index in [2.05, 4.69) is 0 Å². The van der Waals surface area contributed by atoms with Gasteiger partial charge in [-0.3, -0.25) is 4.79 Å². The van der Waals surface area contributed by atoms with Crippen LogP contribution in [0.15, 0.2) is 24.3 Å². The average molecular weight is 259 g/mol. The van der Waals surface area contributed by atoms with E-state index in [1.165, 1.54) is 0 Å². The molecule has 2 aliphatic rings. The number of aliphatic carboxylic acids is 1. The highest BCUT2D eigenvalue weighted by molar-refractivity contribution is 5.84. The molecule has 0 saturated heterocycles. The summed E-state index contributed by atoms with van der Waals surface area (Å²) in [6, 6.07) is 7.07. The minimum atomic E-state index is -0.904. The summed E-state index contributed by atoms with van der Waals surface area (Å²) >= 11 is 0. The Hall–Kier alpha value is -1.84. The van der Waals surface area contributed by atoms with Crippen molar-refractivity contribution < 1.29 is 14.7 Å². The molecule has 1 amide bonds. The molecule has 0 spiro atoms. The molecule has 1 atom stereocenters. The second kappa shape index (κ2) is 4.68. The molecule has 4 nitrogen and oxygen atoms in total. The largest absolute Gasteiger partial charge is 0.480 e. The fourth-order valence-electron chi connectivity index (χ4n) is 2.69. The lowest BCUT2D eigenvalue weighted by molar-refractivity contribution is -0.151. The number of carboxylic acids is 1. The molecule has 1 aliphatic heterocycles. The number of fused-ring (bicyclic) bond motifs is 1. The van der Waals surface area contributed by atoms with Crippen molar-refractivity contribution in [1.29, 1.82) is 0 Å². The molecule has 1 saturated carbocycles. The van der Waals surface area contributed by atoms with E-state index in [0.29, 0.717) is 25.3 Å². The normalized spacial score (nSPS) is 21.9. The highest BCUT2D eigenvalue weighted by atomic mass is 16.4. The first-order chi connectivity index (χ1) is 9.15. The smallest absolute Gasteiger partial charge is 0.326 e. The van der Waals surface area contributed by atoms with E-state index in [1.54, 1.807) is 4.90 Å². The van der Waals surface area contributed by atoms with Crippen LogP contribution in [-0.2, 0) is 22.6 Å². The lowest BCUT2D eigenvalue weighted by atomic mass is 9.93. The van der Waals surface area contributed by atoms with Crippen molar-refractivity contribution in [3.05, 3.63) is 35.4 Å². The number of hydrogen-bond donors (Lipinski definition) is 1. The Labute approximate surface area is 112 Å². The van der Waals surface area contributed by atoms with E-state index < -0.39 is 12.0 Å². The van der Waals surface area contributed by atoms with Gasteiger partial charge in [0.15, 0.2) is 0 Å². The molecule has 4 heteroatoms. The summed E-state index contributed by atoms with van der Waals surface area (Å²) in [6.45, 7) is 0.429. The fourth-order valence-corrected chi connectivity index (χ4v) is 2.69. The van der Waals surface area contributed by atoms with Crippen molar-refractivity contribution in [3.8, 4) is 0 Å². The quantitative estimate of drug-likeness (QED) is 0.900. The first kappa shape index (κ1) is 12.2. The van der Waals surface area contributed by atoms with E-state index in [9.17, 15) is 14.7 Å². The molecular formula is C15H17NO3. The van der Waals surface area contributed by atoms with Crippen LogP contribution in [0.1, 0.15) is 30.4 Å². The second-order valence-electron chi connectivity index (χ2n) is 5.50. The minimum absolute atomic E-state index is 0.00981. The first-order valence-corrected chi connectivity index (χ1v) is 6.74. The predicted molar refractivity (Wildman–Crippen MR) is 69.5 cm³/mol. The third-order valence-corrected chi connectivity index (χ3v) is 4.01. The number of amides is 1. The molecule has 100 valence electrons. The molecule has 1 N–H and O–H groups in total. The Kier molecular flexibility index (Phi) is 3.01. The number of carbonyl (C=O) groups is 2. The van der Waals surface area contributed by atoms with Crippen molar-refractivity contribution >= 4 is 11.9 Å². The number of carboxylic acid groups (broad SMARTS) is 1. The van der Waals surface area contributed by atoms with Crippen LogP contribution in [0.2, 0.25) is 0 Å². The zero-order chi connectivity index (χ0) is 13.4. The third kappa shape index (κ3) is 2.48. The third-order valence-electron chi connectivity index (χ3n) is 4.01. The lowest BCUT2D eigenvalue weighted by Gasteiger charge is -2.34. The lowest BCUT2D eigenvalue weighted by Crippen LogP contribution is -2.48. The first-order valence-electron chi connectivity index (χ1n) is 6.74. The average Bonchev–Trinajstić information content (AvgIpc) is 3.21. The van der Waals surface area contributed by atoms with Crippen molar-refractivity contribution in [3.63, 3.8) is 0 Å². The van der Waals surface area contributed by atoms with Crippen LogP contribution in [-0.4, -0.2) is 27.9 Å². The number of nitrogens with zero attached hydrogens (tertiary/aromatic N) is 1. The zero-order valence-electron chi connectivity index (χ0n) is 10.7. The van der Waals surface area contributed by atoms with Gasteiger partial charge in [-0.1, -0.05) is 24.3 Å². The van der Waals surface area contributed by atoms with Gasteiger partial charge in [0.2, 0.25) is 5.91 Å². The molecule has 1 heterocycles. The standard InChI is InChI=1S/C15H17NO3/c17-14(7-10-5-6-10)16-9-12-4-2-1-3-11(12)8-13(16)15(18)19/h1-4,10,13H,5-9H2,(H,18,19)/t13-/m0/s1. The summed E-state index contributed by atoms with van der Waals surface area (Å²) < 4.78 is 0. The van der Waals surface area contributed by atoms with Crippen molar-refractivity contribution in [1.82, 2.24) is 4.90 Å². The van der Waals surface area contributed by atoms with Gasteiger partial charge in [-0.2, -0.15) is 0 Å².